The van der Waals surface area contributed by atoms with Gasteiger partial charge in [0, 0.05) is 11.6 Å². The van der Waals surface area contributed by atoms with Crippen LogP contribution in [0.1, 0.15) is 12.8 Å². The van der Waals surface area contributed by atoms with Crippen LogP contribution in [0.4, 0.5) is 0 Å². The molecule has 0 fully saturated rings. The molecule has 1 heterocycles. The summed E-state index contributed by atoms with van der Waals surface area (Å²) in [6.45, 7) is 1.97. The first-order chi connectivity index (χ1) is 7.90. The monoisotopic (exact) mass is 211 g/mol. The highest BCUT2D eigenvalue weighted by atomic mass is 16.4. The lowest BCUT2D eigenvalue weighted by atomic mass is 10.2. The molecular formula is C14H13NO. The predicted octanol–water partition coefficient (Wildman–Crippen LogP) is 3.93. The Bertz CT molecular complexity index is 494. The largest absolute Gasteiger partial charge is 0.437 e. The molecule has 2 nitrogen and oxygen atoms in total. The molecule has 0 N–H and O–H groups in total. The fourth-order valence-corrected chi connectivity index (χ4v) is 1.35. The van der Waals surface area contributed by atoms with Crippen molar-refractivity contribution in [2.24, 2.45) is 0 Å². The Morgan fingerprint density at radius 1 is 1.12 bits per heavy atom. The van der Waals surface area contributed by atoms with E-state index in [1.54, 1.807) is 6.20 Å². The maximum absolute atomic E-state index is 5.58. The van der Waals surface area contributed by atoms with Gasteiger partial charge in [0.15, 0.2) is 5.76 Å². The first kappa shape index (κ1) is 10.4. The predicted molar refractivity (Wildman–Crippen MR) is 65.8 cm³/mol. The minimum Gasteiger partial charge on any atom is -0.437 e. The van der Waals surface area contributed by atoms with Gasteiger partial charge < -0.3 is 4.42 Å². The normalized spacial score (nSPS) is 11.6. The van der Waals surface area contributed by atoms with Gasteiger partial charge in [0.1, 0.15) is 0 Å². The van der Waals surface area contributed by atoms with Gasteiger partial charge in [-0.2, -0.15) is 0 Å². The SMILES string of the molecule is C/C=C/C=C/c1ncc(-c2ccccc2)o1. The number of benzene rings is 1. The summed E-state index contributed by atoms with van der Waals surface area (Å²) in [6.07, 6.45) is 9.38. The molecule has 0 bridgehead atoms. The van der Waals surface area contributed by atoms with E-state index in [0.717, 1.165) is 11.3 Å². The molecule has 0 aliphatic rings. The van der Waals surface area contributed by atoms with Crippen LogP contribution < -0.4 is 0 Å². The van der Waals surface area contributed by atoms with Gasteiger partial charge in [-0.05, 0) is 6.92 Å². The molecule has 1 aromatic heterocycles. The average Bonchev–Trinajstić information content (AvgIpc) is 2.79. The van der Waals surface area contributed by atoms with Crippen LogP contribution in [0.2, 0.25) is 0 Å². The molecule has 0 saturated carbocycles. The molecule has 2 aromatic rings. The summed E-state index contributed by atoms with van der Waals surface area (Å²) in [4.78, 5) is 4.18. The Morgan fingerprint density at radius 2 is 1.94 bits per heavy atom. The lowest BCUT2D eigenvalue weighted by molar-refractivity contribution is 0.560. The number of allylic oxidation sites excluding steroid dienone is 3. The first-order valence-corrected chi connectivity index (χ1v) is 5.21. The van der Waals surface area contributed by atoms with Gasteiger partial charge in [-0.25, -0.2) is 4.98 Å². The minimum absolute atomic E-state index is 0.622. The van der Waals surface area contributed by atoms with Gasteiger partial charge in [0.05, 0.1) is 6.20 Å². The minimum atomic E-state index is 0.622. The summed E-state index contributed by atoms with van der Waals surface area (Å²) >= 11 is 0. The van der Waals surface area contributed by atoms with Crippen LogP contribution in [0.5, 0.6) is 0 Å². The van der Waals surface area contributed by atoms with E-state index in [0.29, 0.717) is 5.89 Å². The van der Waals surface area contributed by atoms with Gasteiger partial charge in [-0.3, -0.25) is 0 Å². The topological polar surface area (TPSA) is 26.0 Å². The zero-order valence-electron chi connectivity index (χ0n) is 9.13. The average molecular weight is 211 g/mol. The lowest BCUT2D eigenvalue weighted by Gasteiger charge is -1.92. The number of hydrogen-bond donors (Lipinski definition) is 0. The number of rotatable bonds is 3. The van der Waals surface area contributed by atoms with Crippen LogP contribution in [0, 0.1) is 0 Å². The molecule has 0 amide bonds. The molecule has 0 radical (unpaired) electrons. The molecule has 0 atom stereocenters. The smallest absolute Gasteiger partial charge is 0.219 e. The van der Waals surface area contributed by atoms with Crippen LogP contribution in [0.3, 0.4) is 0 Å². The summed E-state index contributed by atoms with van der Waals surface area (Å²) < 4.78 is 5.58. The first-order valence-electron chi connectivity index (χ1n) is 5.21. The summed E-state index contributed by atoms with van der Waals surface area (Å²) in [5, 5.41) is 0. The van der Waals surface area contributed by atoms with E-state index in [1.807, 2.05) is 61.6 Å². The van der Waals surface area contributed by atoms with E-state index in [-0.39, 0.29) is 0 Å². The lowest BCUT2D eigenvalue weighted by Crippen LogP contribution is -1.70. The van der Waals surface area contributed by atoms with E-state index in [1.165, 1.54) is 0 Å². The second-order valence-corrected chi connectivity index (χ2v) is 3.31. The van der Waals surface area contributed by atoms with Gasteiger partial charge in [0.2, 0.25) is 5.89 Å². The Balaban J connectivity index is 2.20. The van der Waals surface area contributed by atoms with Crippen molar-refractivity contribution in [1.29, 1.82) is 0 Å². The summed E-state index contributed by atoms with van der Waals surface area (Å²) in [5.41, 5.74) is 1.04. The molecular weight excluding hydrogens is 198 g/mol. The van der Waals surface area contributed by atoms with Crippen molar-refractivity contribution in [3.8, 4) is 11.3 Å². The number of hydrogen-bond acceptors (Lipinski definition) is 2. The Hall–Kier alpha value is -2.09. The van der Waals surface area contributed by atoms with Crippen LogP contribution in [-0.4, -0.2) is 4.98 Å². The third kappa shape index (κ3) is 2.48. The van der Waals surface area contributed by atoms with Gasteiger partial charge >= 0.3 is 0 Å². The molecule has 0 aliphatic heterocycles. The van der Waals surface area contributed by atoms with E-state index in [2.05, 4.69) is 4.98 Å². The van der Waals surface area contributed by atoms with Crippen molar-refractivity contribution in [3.63, 3.8) is 0 Å². The molecule has 1 aromatic carbocycles. The second kappa shape index (κ2) is 5.12. The van der Waals surface area contributed by atoms with E-state index >= 15 is 0 Å². The van der Waals surface area contributed by atoms with Crippen molar-refractivity contribution in [2.75, 3.05) is 0 Å². The molecule has 80 valence electrons. The number of aromatic nitrogens is 1. The molecule has 0 spiro atoms. The number of nitrogens with zero attached hydrogens (tertiary/aromatic N) is 1. The molecule has 2 rings (SSSR count). The summed E-state index contributed by atoms with van der Waals surface area (Å²) in [7, 11) is 0. The quantitative estimate of drug-likeness (QED) is 0.719. The van der Waals surface area contributed by atoms with Crippen molar-refractivity contribution < 1.29 is 4.42 Å². The van der Waals surface area contributed by atoms with Crippen LogP contribution >= 0.6 is 0 Å². The highest BCUT2D eigenvalue weighted by molar-refractivity contribution is 5.57. The zero-order chi connectivity index (χ0) is 11.2. The number of oxazole rings is 1. The van der Waals surface area contributed by atoms with Crippen molar-refractivity contribution in [3.05, 3.63) is 60.6 Å². The summed E-state index contributed by atoms with van der Waals surface area (Å²) in [5.74, 6) is 1.41. The Morgan fingerprint density at radius 3 is 2.69 bits per heavy atom. The molecule has 0 unspecified atom stereocenters. The molecule has 2 heteroatoms. The van der Waals surface area contributed by atoms with Crippen LogP contribution in [0.15, 0.2) is 59.2 Å². The highest BCUT2D eigenvalue weighted by Crippen LogP contribution is 2.20. The fourth-order valence-electron chi connectivity index (χ4n) is 1.35. The third-order valence-corrected chi connectivity index (χ3v) is 2.12. The van der Waals surface area contributed by atoms with E-state index < -0.39 is 0 Å². The van der Waals surface area contributed by atoms with Crippen LogP contribution in [0.25, 0.3) is 17.4 Å². The van der Waals surface area contributed by atoms with Gasteiger partial charge in [-0.15, -0.1) is 0 Å². The maximum Gasteiger partial charge on any atom is 0.219 e. The van der Waals surface area contributed by atoms with Crippen molar-refractivity contribution in [1.82, 2.24) is 4.98 Å². The molecule has 0 aliphatic carbocycles. The maximum atomic E-state index is 5.58. The molecule has 16 heavy (non-hydrogen) atoms. The van der Waals surface area contributed by atoms with Crippen molar-refractivity contribution in [2.45, 2.75) is 6.92 Å². The van der Waals surface area contributed by atoms with Crippen molar-refractivity contribution >= 4 is 6.08 Å². The zero-order valence-corrected chi connectivity index (χ0v) is 9.13. The second-order valence-electron chi connectivity index (χ2n) is 3.31. The Kier molecular flexibility index (Phi) is 3.34. The van der Waals surface area contributed by atoms with E-state index in [4.69, 9.17) is 4.42 Å². The summed E-state index contributed by atoms with van der Waals surface area (Å²) in [6, 6.07) is 9.94. The van der Waals surface area contributed by atoms with E-state index in [9.17, 15) is 0 Å². The van der Waals surface area contributed by atoms with Crippen LogP contribution in [-0.2, 0) is 0 Å². The highest BCUT2D eigenvalue weighted by Gasteiger charge is 2.02. The van der Waals surface area contributed by atoms with Gasteiger partial charge in [-0.1, -0.05) is 48.6 Å². The Labute approximate surface area is 94.9 Å². The van der Waals surface area contributed by atoms with Gasteiger partial charge in [0.25, 0.3) is 0 Å². The third-order valence-electron chi connectivity index (χ3n) is 2.12. The standard InChI is InChI=1S/C14H13NO/c1-2-3-5-10-14-15-11-13(16-14)12-8-6-4-7-9-12/h2-11H,1H3/b3-2+,10-5+. The fraction of sp³-hybridized carbons (Fsp3) is 0.0714. The molecule has 0 saturated heterocycles.